The maximum atomic E-state index is 12.5. The molecule has 5 heteroatoms. The SMILES string of the molecule is NCC1(C(=O)Nc2cccnc2N2CCCC2)CCC1. The Balaban J connectivity index is 1.78. The number of pyridine rings is 1. The van der Waals surface area contributed by atoms with Crippen LogP contribution in [0.4, 0.5) is 11.5 Å². The standard InChI is InChI=1S/C15H22N4O/c16-11-15(6-4-7-15)14(20)18-12-5-3-8-17-13(12)19-9-1-2-10-19/h3,5,8H,1-2,4,6-7,9-11,16H2,(H,18,20). The van der Waals surface area contributed by atoms with Gasteiger partial charge in [-0.1, -0.05) is 6.42 Å². The van der Waals surface area contributed by atoms with Crippen molar-refractivity contribution in [1.29, 1.82) is 0 Å². The zero-order valence-corrected chi connectivity index (χ0v) is 11.8. The maximum Gasteiger partial charge on any atom is 0.231 e. The maximum absolute atomic E-state index is 12.5. The number of anilines is 2. The molecule has 2 fully saturated rings. The molecule has 1 saturated carbocycles. The van der Waals surface area contributed by atoms with Gasteiger partial charge in [-0.3, -0.25) is 4.79 Å². The second kappa shape index (κ2) is 5.40. The number of nitrogens with two attached hydrogens (primary N) is 1. The largest absolute Gasteiger partial charge is 0.355 e. The predicted octanol–water partition coefficient (Wildman–Crippen LogP) is 1.75. The number of nitrogens with one attached hydrogen (secondary N) is 1. The van der Waals surface area contributed by atoms with Crippen molar-refractivity contribution in [3.05, 3.63) is 18.3 Å². The van der Waals surface area contributed by atoms with Crippen molar-refractivity contribution in [2.24, 2.45) is 11.1 Å². The van der Waals surface area contributed by atoms with Gasteiger partial charge in [-0.2, -0.15) is 0 Å². The third kappa shape index (κ3) is 2.26. The van der Waals surface area contributed by atoms with Crippen LogP contribution in [-0.4, -0.2) is 30.5 Å². The van der Waals surface area contributed by atoms with Gasteiger partial charge < -0.3 is 16.0 Å². The molecule has 1 aliphatic carbocycles. The fourth-order valence-corrected chi connectivity index (χ4v) is 3.06. The van der Waals surface area contributed by atoms with Gasteiger partial charge in [-0.25, -0.2) is 4.98 Å². The fourth-order valence-electron chi connectivity index (χ4n) is 3.06. The number of carbonyl (C=O) groups is 1. The quantitative estimate of drug-likeness (QED) is 0.877. The highest BCUT2D eigenvalue weighted by atomic mass is 16.2. The molecule has 0 spiro atoms. The van der Waals surface area contributed by atoms with Crippen LogP contribution in [0.15, 0.2) is 18.3 Å². The molecule has 0 bridgehead atoms. The van der Waals surface area contributed by atoms with Crippen molar-refractivity contribution in [3.63, 3.8) is 0 Å². The number of rotatable bonds is 4. The lowest BCUT2D eigenvalue weighted by Gasteiger charge is -2.39. The van der Waals surface area contributed by atoms with Gasteiger partial charge in [0.05, 0.1) is 11.1 Å². The van der Waals surface area contributed by atoms with E-state index in [1.165, 1.54) is 12.8 Å². The van der Waals surface area contributed by atoms with E-state index in [9.17, 15) is 4.79 Å². The van der Waals surface area contributed by atoms with E-state index in [4.69, 9.17) is 5.73 Å². The van der Waals surface area contributed by atoms with Crippen LogP contribution in [-0.2, 0) is 4.79 Å². The van der Waals surface area contributed by atoms with Crippen LogP contribution in [0.1, 0.15) is 32.1 Å². The molecular formula is C15H22N4O. The first-order valence-electron chi connectivity index (χ1n) is 7.47. The average molecular weight is 274 g/mol. The van der Waals surface area contributed by atoms with E-state index in [0.29, 0.717) is 6.54 Å². The second-order valence-electron chi connectivity index (χ2n) is 5.86. The number of amides is 1. The molecule has 0 atom stereocenters. The van der Waals surface area contributed by atoms with E-state index in [1.807, 2.05) is 12.1 Å². The van der Waals surface area contributed by atoms with Crippen molar-refractivity contribution in [2.75, 3.05) is 29.9 Å². The number of carbonyl (C=O) groups excluding carboxylic acids is 1. The van der Waals surface area contributed by atoms with E-state index < -0.39 is 0 Å². The number of hydrogen-bond acceptors (Lipinski definition) is 4. The van der Waals surface area contributed by atoms with Crippen molar-refractivity contribution >= 4 is 17.4 Å². The normalized spacial score (nSPS) is 20.6. The molecule has 1 aliphatic heterocycles. The van der Waals surface area contributed by atoms with Crippen molar-refractivity contribution in [3.8, 4) is 0 Å². The lowest BCUT2D eigenvalue weighted by molar-refractivity contribution is -0.129. The van der Waals surface area contributed by atoms with Crippen molar-refractivity contribution in [1.82, 2.24) is 4.98 Å². The summed E-state index contributed by atoms with van der Waals surface area (Å²) in [5.41, 5.74) is 6.27. The lowest BCUT2D eigenvalue weighted by atomic mass is 9.68. The topological polar surface area (TPSA) is 71.2 Å². The first-order valence-corrected chi connectivity index (χ1v) is 7.47. The zero-order chi connectivity index (χ0) is 14.0. The summed E-state index contributed by atoms with van der Waals surface area (Å²) >= 11 is 0. The average Bonchev–Trinajstić information content (AvgIpc) is 2.92. The minimum Gasteiger partial charge on any atom is -0.355 e. The van der Waals surface area contributed by atoms with Crippen LogP contribution in [0, 0.1) is 5.41 Å². The molecular weight excluding hydrogens is 252 g/mol. The summed E-state index contributed by atoms with van der Waals surface area (Å²) in [6, 6.07) is 3.80. The van der Waals surface area contributed by atoms with Gasteiger partial charge in [-0.05, 0) is 37.8 Å². The van der Waals surface area contributed by atoms with Gasteiger partial charge in [0.1, 0.15) is 0 Å². The summed E-state index contributed by atoms with van der Waals surface area (Å²) in [4.78, 5) is 19.2. The highest BCUT2D eigenvalue weighted by Crippen LogP contribution is 2.41. The molecule has 3 rings (SSSR count). The molecule has 108 valence electrons. The summed E-state index contributed by atoms with van der Waals surface area (Å²) in [6.07, 6.45) is 7.05. The smallest absolute Gasteiger partial charge is 0.231 e. The molecule has 0 aromatic carbocycles. The van der Waals surface area contributed by atoms with Crippen LogP contribution in [0.5, 0.6) is 0 Å². The van der Waals surface area contributed by atoms with Crippen molar-refractivity contribution in [2.45, 2.75) is 32.1 Å². The molecule has 0 radical (unpaired) electrons. The van der Waals surface area contributed by atoms with Crippen LogP contribution in [0.3, 0.4) is 0 Å². The summed E-state index contributed by atoms with van der Waals surface area (Å²) in [5, 5.41) is 3.06. The molecule has 1 aromatic rings. The number of aromatic nitrogens is 1. The zero-order valence-electron chi connectivity index (χ0n) is 11.8. The summed E-state index contributed by atoms with van der Waals surface area (Å²) in [6.45, 7) is 2.46. The van der Waals surface area contributed by atoms with Gasteiger partial charge in [0.15, 0.2) is 5.82 Å². The first kappa shape index (κ1) is 13.4. The van der Waals surface area contributed by atoms with E-state index >= 15 is 0 Å². The van der Waals surface area contributed by atoms with E-state index in [2.05, 4.69) is 15.2 Å². The predicted molar refractivity (Wildman–Crippen MR) is 79.7 cm³/mol. The minimum absolute atomic E-state index is 0.0553. The Kier molecular flexibility index (Phi) is 3.61. The molecule has 0 unspecified atom stereocenters. The first-order chi connectivity index (χ1) is 9.75. The molecule has 1 amide bonds. The van der Waals surface area contributed by atoms with E-state index in [-0.39, 0.29) is 11.3 Å². The highest BCUT2D eigenvalue weighted by molar-refractivity contribution is 5.98. The molecule has 2 aliphatic rings. The summed E-state index contributed by atoms with van der Waals surface area (Å²) in [5.74, 6) is 0.949. The van der Waals surface area contributed by atoms with Gasteiger partial charge in [0, 0.05) is 25.8 Å². The molecule has 3 N–H and O–H groups in total. The van der Waals surface area contributed by atoms with E-state index in [0.717, 1.165) is 43.9 Å². The fraction of sp³-hybridized carbons (Fsp3) is 0.600. The molecule has 5 nitrogen and oxygen atoms in total. The lowest BCUT2D eigenvalue weighted by Crippen LogP contribution is -2.47. The number of nitrogens with zero attached hydrogens (tertiary/aromatic N) is 2. The summed E-state index contributed by atoms with van der Waals surface area (Å²) < 4.78 is 0. The number of hydrogen-bond donors (Lipinski definition) is 2. The third-order valence-corrected chi connectivity index (χ3v) is 4.62. The Morgan fingerprint density at radius 3 is 2.70 bits per heavy atom. The van der Waals surface area contributed by atoms with Gasteiger partial charge >= 0.3 is 0 Å². The molecule has 2 heterocycles. The third-order valence-electron chi connectivity index (χ3n) is 4.62. The molecule has 1 saturated heterocycles. The van der Waals surface area contributed by atoms with Crippen molar-refractivity contribution < 1.29 is 4.79 Å². The Hall–Kier alpha value is -1.62. The van der Waals surface area contributed by atoms with Crippen LogP contribution in [0.2, 0.25) is 0 Å². The summed E-state index contributed by atoms with van der Waals surface area (Å²) in [7, 11) is 0. The minimum atomic E-state index is -0.349. The van der Waals surface area contributed by atoms with Crippen LogP contribution < -0.4 is 16.0 Å². The Morgan fingerprint density at radius 2 is 2.10 bits per heavy atom. The monoisotopic (exact) mass is 274 g/mol. The van der Waals surface area contributed by atoms with Gasteiger partial charge in [-0.15, -0.1) is 0 Å². The molecule has 20 heavy (non-hydrogen) atoms. The van der Waals surface area contributed by atoms with Crippen LogP contribution in [0.25, 0.3) is 0 Å². The van der Waals surface area contributed by atoms with Crippen LogP contribution >= 0.6 is 0 Å². The Bertz CT molecular complexity index is 487. The van der Waals surface area contributed by atoms with Gasteiger partial charge in [0.25, 0.3) is 0 Å². The second-order valence-corrected chi connectivity index (χ2v) is 5.86. The Morgan fingerprint density at radius 1 is 1.35 bits per heavy atom. The van der Waals surface area contributed by atoms with E-state index in [1.54, 1.807) is 6.20 Å². The Labute approximate surface area is 119 Å². The molecule has 1 aromatic heterocycles. The van der Waals surface area contributed by atoms with Gasteiger partial charge in [0.2, 0.25) is 5.91 Å². The highest BCUT2D eigenvalue weighted by Gasteiger charge is 2.43.